The van der Waals surface area contributed by atoms with Crippen molar-refractivity contribution in [3.63, 3.8) is 0 Å². The van der Waals surface area contributed by atoms with Gasteiger partial charge >= 0.3 is 0 Å². The molecular formula is C14H21NO. The van der Waals surface area contributed by atoms with Gasteiger partial charge in [0.25, 0.3) is 0 Å². The molecule has 1 fully saturated rings. The zero-order valence-electron chi connectivity index (χ0n) is 10.2. The van der Waals surface area contributed by atoms with Crippen molar-refractivity contribution in [3.8, 4) is 0 Å². The predicted molar refractivity (Wildman–Crippen MR) is 67.9 cm³/mol. The first-order chi connectivity index (χ1) is 7.72. The van der Waals surface area contributed by atoms with Crippen LogP contribution in [0.4, 0.5) is 5.69 Å². The van der Waals surface area contributed by atoms with Crippen LogP contribution in [-0.2, 0) is 0 Å². The molecule has 88 valence electrons. The van der Waals surface area contributed by atoms with E-state index in [4.69, 9.17) is 0 Å². The second kappa shape index (κ2) is 4.88. The Balaban J connectivity index is 2.20. The maximum atomic E-state index is 9.18. The minimum Gasteiger partial charge on any atom is -0.396 e. The van der Waals surface area contributed by atoms with E-state index < -0.39 is 0 Å². The molecule has 2 rings (SSSR count). The third-order valence-electron chi connectivity index (χ3n) is 3.44. The molecular weight excluding hydrogens is 198 g/mol. The minimum atomic E-state index is 0.320. The lowest BCUT2D eigenvalue weighted by atomic mass is 10.0. The number of aliphatic hydroxyl groups excluding tert-OH is 1. The number of hydrogen-bond donors (Lipinski definition) is 1. The molecule has 1 unspecified atom stereocenters. The summed E-state index contributed by atoms with van der Waals surface area (Å²) in [6, 6.07) is 8.63. The standard InChI is InChI=1S/C14H21NO/c1-11(2)13-5-3-4-6-14(13)15-8-7-12(9-15)10-16/h3-6,11-12,16H,7-10H2,1-2H3. The third-order valence-corrected chi connectivity index (χ3v) is 3.44. The Labute approximate surface area is 97.9 Å². The van der Waals surface area contributed by atoms with Crippen LogP contribution in [0.3, 0.4) is 0 Å². The molecule has 1 atom stereocenters. The highest BCUT2D eigenvalue weighted by molar-refractivity contribution is 5.55. The monoisotopic (exact) mass is 219 g/mol. The summed E-state index contributed by atoms with van der Waals surface area (Å²) in [4.78, 5) is 2.41. The number of benzene rings is 1. The highest BCUT2D eigenvalue weighted by Crippen LogP contribution is 2.30. The first-order valence-electron chi connectivity index (χ1n) is 6.17. The van der Waals surface area contributed by atoms with Crippen molar-refractivity contribution >= 4 is 5.69 Å². The molecule has 0 aliphatic carbocycles. The van der Waals surface area contributed by atoms with Crippen LogP contribution in [0, 0.1) is 5.92 Å². The summed E-state index contributed by atoms with van der Waals surface area (Å²) in [6.07, 6.45) is 1.11. The smallest absolute Gasteiger partial charge is 0.0476 e. The van der Waals surface area contributed by atoms with Crippen LogP contribution in [0.1, 0.15) is 31.7 Å². The van der Waals surface area contributed by atoms with E-state index in [0.29, 0.717) is 18.4 Å². The fourth-order valence-electron chi connectivity index (χ4n) is 2.46. The minimum absolute atomic E-state index is 0.320. The molecule has 1 saturated heterocycles. The number of hydrogen-bond acceptors (Lipinski definition) is 2. The Bertz CT molecular complexity index is 348. The second-order valence-corrected chi connectivity index (χ2v) is 5.00. The Hall–Kier alpha value is -1.02. The van der Waals surface area contributed by atoms with Crippen LogP contribution in [0.15, 0.2) is 24.3 Å². The molecule has 0 aromatic heterocycles. The average Bonchev–Trinajstić information content (AvgIpc) is 2.77. The van der Waals surface area contributed by atoms with Crippen LogP contribution in [0.25, 0.3) is 0 Å². The second-order valence-electron chi connectivity index (χ2n) is 5.00. The lowest BCUT2D eigenvalue weighted by Gasteiger charge is -2.23. The maximum absolute atomic E-state index is 9.18. The summed E-state index contributed by atoms with van der Waals surface area (Å²) in [5.74, 6) is 1.02. The molecule has 1 aliphatic heterocycles. The maximum Gasteiger partial charge on any atom is 0.0476 e. The third kappa shape index (κ3) is 2.22. The Morgan fingerprint density at radius 3 is 2.75 bits per heavy atom. The first kappa shape index (κ1) is 11.5. The van der Waals surface area contributed by atoms with Gasteiger partial charge in [-0.25, -0.2) is 0 Å². The molecule has 0 radical (unpaired) electrons. The van der Waals surface area contributed by atoms with Crippen LogP contribution < -0.4 is 4.90 Å². The molecule has 1 aromatic rings. The fourth-order valence-corrected chi connectivity index (χ4v) is 2.46. The zero-order valence-corrected chi connectivity index (χ0v) is 10.2. The zero-order chi connectivity index (χ0) is 11.5. The Kier molecular flexibility index (Phi) is 3.49. The first-order valence-corrected chi connectivity index (χ1v) is 6.17. The summed E-state index contributed by atoms with van der Waals surface area (Å²) < 4.78 is 0. The van der Waals surface area contributed by atoms with Crippen molar-refractivity contribution in [2.45, 2.75) is 26.2 Å². The van der Waals surface area contributed by atoms with Gasteiger partial charge in [-0.05, 0) is 24.0 Å². The Morgan fingerprint density at radius 1 is 1.38 bits per heavy atom. The normalized spacial score (nSPS) is 20.8. The fraction of sp³-hybridized carbons (Fsp3) is 0.571. The molecule has 1 aliphatic rings. The average molecular weight is 219 g/mol. The summed E-state index contributed by atoms with van der Waals surface area (Å²) in [5, 5.41) is 9.18. The molecule has 1 aromatic carbocycles. The molecule has 16 heavy (non-hydrogen) atoms. The molecule has 1 N–H and O–H groups in total. The van der Waals surface area contributed by atoms with Crippen LogP contribution in [0.2, 0.25) is 0 Å². The summed E-state index contributed by atoms with van der Waals surface area (Å²) in [6.45, 7) is 6.87. The topological polar surface area (TPSA) is 23.5 Å². The van der Waals surface area contributed by atoms with E-state index in [2.05, 4.69) is 43.0 Å². The molecule has 0 bridgehead atoms. The summed E-state index contributed by atoms with van der Waals surface area (Å²) in [7, 11) is 0. The van der Waals surface area contributed by atoms with Crippen LogP contribution in [0.5, 0.6) is 0 Å². The van der Waals surface area contributed by atoms with Gasteiger partial charge in [-0.15, -0.1) is 0 Å². The summed E-state index contributed by atoms with van der Waals surface area (Å²) in [5.41, 5.74) is 2.77. The number of aliphatic hydroxyl groups is 1. The predicted octanol–water partition coefficient (Wildman–Crippen LogP) is 2.63. The van der Waals surface area contributed by atoms with Crippen molar-refractivity contribution < 1.29 is 5.11 Å². The van der Waals surface area contributed by atoms with E-state index in [0.717, 1.165) is 19.5 Å². The molecule has 0 spiro atoms. The van der Waals surface area contributed by atoms with Crippen molar-refractivity contribution in [2.24, 2.45) is 5.92 Å². The van der Waals surface area contributed by atoms with Crippen LogP contribution >= 0.6 is 0 Å². The molecule has 2 nitrogen and oxygen atoms in total. The molecule has 1 heterocycles. The van der Waals surface area contributed by atoms with Gasteiger partial charge in [0, 0.05) is 31.3 Å². The van der Waals surface area contributed by atoms with Crippen LogP contribution in [-0.4, -0.2) is 24.8 Å². The SMILES string of the molecule is CC(C)c1ccccc1N1CCC(CO)C1. The van der Waals surface area contributed by atoms with E-state index in [1.807, 2.05) is 0 Å². The summed E-state index contributed by atoms with van der Waals surface area (Å²) >= 11 is 0. The highest BCUT2D eigenvalue weighted by atomic mass is 16.3. The van der Waals surface area contributed by atoms with Gasteiger partial charge < -0.3 is 10.0 Å². The van der Waals surface area contributed by atoms with Crippen molar-refractivity contribution in [3.05, 3.63) is 29.8 Å². The number of rotatable bonds is 3. The van der Waals surface area contributed by atoms with E-state index >= 15 is 0 Å². The van der Waals surface area contributed by atoms with Crippen molar-refractivity contribution in [1.29, 1.82) is 0 Å². The molecule has 0 saturated carbocycles. The largest absolute Gasteiger partial charge is 0.396 e. The van der Waals surface area contributed by atoms with E-state index in [-0.39, 0.29) is 0 Å². The lowest BCUT2D eigenvalue weighted by molar-refractivity contribution is 0.238. The number of para-hydroxylation sites is 1. The van der Waals surface area contributed by atoms with Gasteiger partial charge in [0.1, 0.15) is 0 Å². The van der Waals surface area contributed by atoms with E-state index in [9.17, 15) is 5.11 Å². The molecule has 0 amide bonds. The van der Waals surface area contributed by atoms with E-state index in [1.54, 1.807) is 0 Å². The highest BCUT2D eigenvalue weighted by Gasteiger charge is 2.23. The number of nitrogens with zero attached hydrogens (tertiary/aromatic N) is 1. The number of anilines is 1. The van der Waals surface area contributed by atoms with Gasteiger partial charge in [-0.1, -0.05) is 32.0 Å². The van der Waals surface area contributed by atoms with Gasteiger partial charge in [-0.3, -0.25) is 0 Å². The van der Waals surface area contributed by atoms with Gasteiger partial charge in [0.05, 0.1) is 0 Å². The Morgan fingerprint density at radius 2 is 2.12 bits per heavy atom. The van der Waals surface area contributed by atoms with E-state index in [1.165, 1.54) is 11.3 Å². The quantitative estimate of drug-likeness (QED) is 0.844. The van der Waals surface area contributed by atoms with Gasteiger partial charge in [0.2, 0.25) is 0 Å². The van der Waals surface area contributed by atoms with Crippen molar-refractivity contribution in [1.82, 2.24) is 0 Å². The lowest BCUT2D eigenvalue weighted by Crippen LogP contribution is -2.22. The van der Waals surface area contributed by atoms with Gasteiger partial charge in [0.15, 0.2) is 0 Å². The van der Waals surface area contributed by atoms with Crippen molar-refractivity contribution in [2.75, 3.05) is 24.6 Å². The molecule has 2 heteroatoms. The van der Waals surface area contributed by atoms with Gasteiger partial charge in [-0.2, -0.15) is 0 Å².